The zero-order chi connectivity index (χ0) is 15.5. The summed E-state index contributed by atoms with van der Waals surface area (Å²) in [7, 11) is 0. The molecule has 0 saturated carbocycles. The van der Waals surface area contributed by atoms with Gasteiger partial charge in [0.2, 0.25) is 0 Å². The van der Waals surface area contributed by atoms with Gasteiger partial charge in [-0.3, -0.25) is 9.59 Å². The van der Waals surface area contributed by atoms with Gasteiger partial charge in [0.15, 0.2) is 0 Å². The number of carboxylic acids is 1. The highest BCUT2D eigenvalue weighted by Gasteiger charge is 2.40. The van der Waals surface area contributed by atoms with E-state index in [1.807, 2.05) is 0 Å². The lowest BCUT2D eigenvalue weighted by Gasteiger charge is -2.33. The van der Waals surface area contributed by atoms with Crippen molar-refractivity contribution in [2.45, 2.75) is 12.8 Å². The maximum atomic E-state index is 13.1. The smallest absolute Gasteiger partial charge is 0.311 e. The minimum absolute atomic E-state index is 0.000474. The monoisotopic (exact) mass is 315 g/mol. The number of amides is 1. The van der Waals surface area contributed by atoms with Gasteiger partial charge in [-0.2, -0.15) is 0 Å². The SMILES string of the molecule is O=C(NCC1(C(=O)O)CCOCC1)c1ccc(F)c(Cl)c1. The van der Waals surface area contributed by atoms with E-state index in [1.165, 1.54) is 12.1 Å². The molecule has 7 heteroatoms. The Labute approximate surface area is 126 Å². The van der Waals surface area contributed by atoms with E-state index in [4.69, 9.17) is 16.3 Å². The Morgan fingerprint density at radius 3 is 2.62 bits per heavy atom. The fourth-order valence-corrected chi connectivity index (χ4v) is 2.40. The lowest BCUT2D eigenvalue weighted by atomic mass is 9.80. The Bertz CT molecular complexity index is 558. The average Bonchev–Trinajstić information content (AvgIpc) is 2.48. The normalized spacial score (nSPS) is 17.2. The number of aliphatic carboxylic acids is 1. The van der Waals surface area contributed by atoms with Crippen molar-refractivity contribution in [2.75, 3.05) is 19.8 Å². The van der Waals surface area contributed by atoms with Crippen molar-refractivity contribution in [3.05, 3.63) is 34.6 Å². The number of benzene rings is 1. The van der Waals surface area contributed by atoms with Gasteiger partial charge in [-0.15, -0.1) is 0 Å². The Morgan fingerprint density at radius 1 is 1.38 bits per heavy atom. The zero-order valence-corrected chi connectivity index (χ0v) is 12.0. The Kier molecular flexibility index (Phi) is 4.80. The summed E-state index contributed by atoms with van der Waals surface area (Å²) in [6.07, 6.45) is 0.680. The molecule has 114 valence electrons. The minimum atomic E-state index is -1.02. The van der Waals surface area contributed by atoms with Gasteiger partial charge < -0.3 is 15.2 Å². The molecule has 0 aromatic heterocycles. The number of hydrogen-bond donors (Lipinski definition) is 2. The van der Waals surface area contributed by atoms with Crippen LogP contribution in [0.25, 0.3) is 0 Å². The van der Waals surface area contributed by atoms with Gasteiger partial charge in [-0.05, 0) is 31.0 Å². The second-order valence-electron chi connectivity index (χ2n) is 5.01. The van der Waals surface area contributed by atoms with Crippen molar-refractivity contribution in [2.24, 2.45) is 5.41 Å². The topological polar surface area (TPSA) is 75.6 Å². The van der Waals surface area contributed by atoms with Crippen LogP contribution in [0.2, 0.25) is 5.02 Å². The molecular weight excluding hydrogens is 301 g/mol. The van der Waals surface area contributed by atoms with Gasteiger partial charge in [-0.25, -0.2) is 4.39 Å². The molecule has 0 bridgehead atoms. The maximum absolute atomic E-state index is 13.1. The standard InChI is InChI=1S/C14H15ClFNO4/c15-10-7-9(1-2-11(10)16)12(18)17-8-14(13(19)20)3-5-21-6-4-14/h1-2,7H,3-6,8H2,(H,17,18)(H,19,20). The summed E-state index contributed by atoms with van der Waals surface area (Å²) in [5.74, 6) is -2.05. The van der Waals surface area contributed by atoms with E-state index in [2.05, 4.69) is 5.32 Å². The van der Waals surface area contributed by atoms with Crippen LogP contribution in [-0.2, 0) is 9.53 Å². The number of carbonyl (C=O) groups excluding carboxylic acids is 1. The third-order valence-electron chi connectivity index (χ3n) is 3.67. The summed E-state index contributed by atoms with van der Waals surface area (Å²) >= 11 is 5.62. The molecule has 0 spiro atoms. The number of hydrogen-bond acceptors (Lipinski definition) is 3. The molecule has 0 aliphatic carbocycles. The van der Waals surface area contributed by atoms with E-state index in [1.54, 1.807) is 0 Å². The minimum Gasteiger partial charge on any atom is -0.481 e. The molecule has 1 aromatic rings. The van der Waals surface area contributed by atoms with Crippen LogP contribution in [0.5, 0.6) is 0 Å². The van der Waals surface area contributed by atoms with Gasteiger partial charge in [0.1, 0.15) is 5.82 Å². The van der Waals surface area contributed by atoms with Crippen LogP contribution in [0.1, 0.15) is 23.2 Å². The van der Waals surface area contributed by atoms with Crippen LogP contribution < -0.4 is 5.32 Å². The van der Waals surface area contributed by atoms with Gasteiger partial charge >= 0.3 is 5.97 Å². The first kappa shape index (κ1) is 15.7. The predicted molar refractivity (Wildman–Crippen MR) is 73.9 cm³/mol. The van der Waals surface area contributed by atoms with E-state index in [0.717, 1.165) is 6.07 Å². The van der Waals surface area contributed by atoms with Crippen molar-refractivity contribution in [1.29, 1.82) is 0 Å². The van der Waals surface area contributed by atoms with Crippen molar-refractivity contribution >= 4 is 23.5 Å². The van der Waals surface area contributed by atoms with Gasteiger partial charge in [-0.1, -0.05) is 11.6 Å². The molecule has 1 heterocycles. The fourth-order valence-electron chi connectivity index (χ4n) is 2.22. The highest BCUT2D eigenvalue weighted by atomic mass is 35.5. The number of halogens is 2. The van der Waals surface area contributed by atoms with Gasteiger partial charge in [0, 0.05) is 25.3 Å². The molecule has 21 heavy (non-hydrogen) atoms. The molecule has 1 aliphatic rings. The van der Waals surface area contributed by atoms with E-state index in [9.17, 15) is 19.1 Å². The molecule has 1 amide bonds. The van der Waals surface area contributed by atoms with Gasteiger partial charge in [0.05, 0.1) is 10.4 Å². The highest BCUT2D eigenvalue weighted by molar-refractivity contribution is 6.31. The first-order chi connectivity index (χ1) is 9.94. The van der Waals surface area contributed by atoms with E-state index in [-0.39, 0.29) is 17.1 Å². The molecular formula is C14H15ClFNO4. The van der Waals surface area contributed by atoms with Crippen LogP contribution in [0.4, 0.5) is 4.39 Å². The summed E-state index contributed by atoms with van der Waals surface area (Å²) in [6, 6.07) is 3.61. The number of carboxylic acid groups (broad SMARTS) is 1. The average molecular weight is 316 g/mol. The zero-order valence-electron chi connectivity index (χ0n) is 11.2. The summed E-state index contributed by atoms with van der Waals surface area (Å²) in [5.41, 5.74) is -0.827. The van der Waals surface area contributed by atoms with E-state index in [0.29, 0.717) is 26.1 Å². The Balaban J connectivity index is 2.05. The quantitative estimate of drug-likeness (QED) is 0.892. The largest absolute Gasteiger partial charge is 0.481 e. The molecule has 0 unspecified atom stereocenters. The first-order valence-electron chi connectivity index (χ1n) is 6.49. The molecule has 1 fully saturated rings. The molecule has 1 aromatic carbocycles. The van der Waals surface area contributed by atoms with Crippen LogP contribution in [0.3, 0.4) is 0 Å². The van der Waals surface area contributed by atoms with Crippen LogP contribution in [-0.4, -0.2) is 36.7 Å². The predicted octanol–water partition coefficient (Wildman–Crippen LogP) is 2.09. The molecule has 1 saturated heterocycles. The number of nitrogens with one attached hydrogen (secondary N) is 1. The summed E-state index contributed by atoms with van der Waals surface area (Å²) < 4.78 is 18.2. The molecule has 0 atom stereocenters. The third kappa shape index (κ3) is 3.51. The first-order valence-corrected chi connectivity index (χ1v) is 6.87. The van der Waals surface area contributed by atoms with Crippen molar-refractivity contribution < 1.29 is 23.8 Å². The lowest BCUT2D eigenvalue weighted by Crippen LogP contribution is -2.46. The molecule has 5 nitrogen and oxygen atoms in total. The molecule has 0 radical (unpaired) electrons. The van der Waals surface area contributed by atoms with E-state index < -0.39 is 23.1 Å². The Morgan fingerprint density at radius 2 is 2.05 bits per heavy atom. The summed E-state index contributed by atoms with van der Waals surface area (Å²) in [4.78, 5) is 23.4. The molecule has 2 N–H and O–H groups in total. The third-order valence-corrected chi connectivity index (χ3v) is 3.96. The van der Waals surface area contributed by atoms with Crippen molar-refractivity contribution in [3.8, 4) is 0 Å². The van der Waals surface area contributed by atoms with Crippen molar-refractivity contribution in [3.63, 3.8) is 0 Å². The van der Waals surface area contributed by atoms with Gasteiger partial charge in [0.25, 0.3) is 5.91 Å². The highest BCUT2D eigenvalue weighted by Crippen LogP contribution is 2.30. The fraction of sp³-hybridized carbons (Fsp3) is 0.429. The van der Waals surface area contributed by atoms with Crippen LogP contribution >= 0.6 is 11.6 Å². The van der Waals surface area contributed by atoms with Crippen LogP contribution in [0.15, 0.2) is 18.2 Å². The maximum Gasteiger partial charge on any atom is 0.311 e. The number of ether oxygens (including phenoxy) is 1. The number of carbonyl (C=O) groups is 2. The second-order valence-corrected chi connectivity index (χ2v) is 5.42. The second kappa shape index (κ2) is 6.41. The number of rotatable bonds is 4. The Hall–Kier alpha value is -1.66. The lowest BCUT2D eigenvalue weighted by molar-refractivity contribution is -0.154. The molecule has 2 rings (SSSR count). The summed E-state index contributed by atoms with van der Waals surface area (Å²) in [5, 5.41) is 11.8. The molecule has 1 aliphatic heterocycles. The van der Waals surface area contributed by atoms with Crippen molar-refractivity contribution in [1.82, 2.24) is 5.32 Å². The summed E-state index contributed by atoms with van der Waals surface area (Å²) in [6.45, 7) is 0.703. The van der Waals surface area contributed by atoms with Crippen LogP contribution in [0, 0.1) is 11.2 Å². The van der Waals surface area contributed by atoms with E-state index >= 15 is 0 Å².